The van der Waals surface area contributed by atoms with Crippen LogP contribution in [0.3, 0.4) is 0 Å². The molecule has 0 aliphatic carbocycles. The minimum atomic E-state index is -1.15. The zero-order valence-corrected chi connectivity index (χ0v) is 12.0. The molecule has 0 bridgehead atoms. The van der Waals surface area contributed by atoms with Crippen LogP contribution in [0.15, 0.2) is 34.9 Å². The van der Waals surface area contributed by atoms with Crippen molar-refractivity contribution in [3.05, 3.63) is 46.2 Å². The number of aromatic hydroxyl groups is 1. The number of phenols is 1. The summed E-state index contributed by atoms with van der Waals surface area (Å²) in [6, 6.07) is 5.37. The maximum Gasteiger partial charge on any atom is 0.335 e. The molecule has 0 aliphatic rings. The summed E-state index contributed by atoms with van der Waals surface area (Å²) in [7, 11) is 1.72. The van der Waals surface area contributed by atoms with Crippen molar-refractivity contribution >= 4 is 33.5 Å². The average molecular weight is 339 g/mol. The van der Waals surface area contributed by atoms with Crippen molar-refractivity contribution in [1.82, 2.24) is 4.57 Å². The molecule has 7 heteroatoms. The van der Waals surface area contributed by atoms with E-state index < -0.39 is 11.9 Å². The lowest BCUT2D eigenvalue weighted by Gasteiger charge is -2.08. The molecule has 1 aromatic heterocycles. The molecule has 104 valence electrons. The minimum absolute atomic E-state index is 0.0536. The number of rotatable bonds is 3. The van der Waals surface area contributed by atoms with E-state index in [1.165, 1.54) is 12.1 Å². The van der Waals surface area contributed by atoms with Gasteiger partial charge >= 0.3 is 5.97 Å². The molecule has 6 nitrogen and oxygen atoms in total. The van der Waals surface area contributed by atoms with E-state index in [1.54, 1.807) is 23.9 Å². The maximum atomic E-state index is 12.0. The summed E-state index contributed by atoms with van der Waals surface area (Å²) >= 11 is 3.26. The van der Waals surface area contributed by atoms with Gasteiger partial charge in [0.2, 0.25) is 0 Å². The molecule has 2 aromatic rings. The summed E-state index contributed by atoms with van der Waals surface area (Å²) in [6.07, 6.45) is 1.72. The molecule has 20 heavy (non-hydrogen) atoms. The number of aromatic carboxylic acids is 1. The second-order valence-corrected chi connectivity index (χ2v) is 5.06. The van der Waals surface area contributed by atoms with Crippen LogP contribution in [0, 0.1) is 0 Å². The van der Waals surface area contributed by atoms with Crippen molar-refractivity contribution in [3.8, 4) is 5.75 Å². The van der Waals surface area contributed by atoms with E-state index in [0.717, 1.165) is 10.5 Å². The maximum absolute atomic E-state index is 12.0. The van der Waals surface area contributed by atoms with Gasteiger partial charge in [0.05, 0.1) is 11.3 Å². The number of aryl methyl sites for hydroxylation is 1. The van der Waals surface area contributed by atoms with Crippen molar-refractivity contribution in [1.29, 1.82) is 0 Å². The Labute approximate surface area is 122 Å². The molecule has 0 spiro atoms. The van der Waals surface area contributed by atoms with Crippen LogP contribution in [0.4, 0.5) is 5.69 Å². The third-order valence-corrected chi connectivity index (χ3v) is 3.13. The predicted octanol–water partition coefficient (Wildman–Crippen LogP) is 2.44. The number of anilines is 1. The molecular weight excluding hydrogens is 328 g/mol. The SMILES string of the molecule is Cn1cc(Br)cc1C(=O)Nc1ccc(C(=O)O)cc1O. The zero-order chi connectivity index (χ0) is 14.9. The van der Waals surface area contributed by atoms with Gasteiger partial charge in [-0.25, -0.2) is 4.79 Å². The number of phenolic OH excluding ortho intramolecular Hbond substituents is 1. The number of aromatic nitrogens is 1. The molecule has 0 radical (unpaired) electrons. The monoisotopic (exact) mass is 338 g/mol. The number of halogens is 1. The van der Waals surface area contributed by atoms with Crippen LogP contribution in [-0.4, -0.2) is 26.7 Å². The lowest BCUT2D eigenvalue weighted by Crippen LogP contribution is -2.15. The van der Waals surface area contributed by atoms with Gasteiger partial charge in [0.15, 0.2) is 0 Å². The molecule has 3 N–H and O–H groups in total. The molecule has 0 atom stereocenters. The van der Waals surface area contributed by atoms with Gasteiger partial charge in [-0.05, 0) is 40.2 Å². The van der Waals surface area contributed by atoms with Crippen molar-refractivity contribution in [3.63, 3.8) is 0 Å². The molecule has 0 saturated carbocycles. The Hall–Kier alpha value is -2.28. The molecule has 1 heterocycles. The Morgan fingerprint density at radius 2 is 2.00 bits per heavy atom. The van der Waals surface area contributed by atoms with E-state index in [2.05, 4.69) is 21.2 Å². The highest BCUT2D eigenvalue weighted by Crippen LogP contribution is 2.25. The summed E-state index contributed by atoms with van der Waals surface area (Å²) in [5, 5.41) is 21.0. The van der Waals surface area contributed by atoms with Crippen LogP contribution < -0.4 is 5.32 Å². The summed E-state index contributed by atoms with van der Waals surface area (Å²) in [5.41, 5.74) is 0.498. The number of carboxylic acid groups (broad SMARTS) is 1. The fourth-order valence-electron chi connectivity index (χ4n) is 1.71. The first kappa shape index (κ1) is 14.1. The van der Waals surface area contributed by atoms with E-state index in [1.807, 2.05) is 0 Å². The Morgan fingerprint density at radius 1 is 1.30 bits per heavy atom. The van der Waals surface area contributed by atoms with E-state index in [4.69, 9.17) is 5.11 Å². The number of benzene rings is 1. The normalized spacial score (nSPS) is 10.3. The number of carboxylic acids is 1. The van der Waals surface area contributed by atoms with Crippen LogP contribution >= 0.6 is 15.9 Å². The first-order valence-corrected chi connectivity index (χ1v) is 6.37. The highest BCUT2D eigenvalue weighted by atomic mass is 79.9. The van der Waals surface area contributed by atoms with Crippen molar-refractivity contribution in [2.24, 2.45) is 7.05 Å². The largest absolute Gasteiger partial charge is 0.506 e. The Kier molecular flexibility index (Phi) is 3.80. The zero-order valence-electron chi connectivity index (χ0n) is 10.4. The third-order valence-electron chi connectivity index (χ3n) is 2.70. The van der Waals surface area contributed by atoms with Crippen LogP contribution in [0.5, 0.6) is 5.75 Å². The number of carbonyl (C=O) groups is 2. The average Bonchev–Trinajstić information content (AvgIpc) is 2.70. The Bertz CT molecular complexity index is 694. The van der Waals surface area contributed by atoms with Crippen LogP contribution in [-0.2, 0) is 7.05 Å². The smallest absolute Gasteiger partial charge is 0.335 e. The molecule has 0 fully saturated rings. The summed E-state index contributed by atoms with van der Waals surface area (Å²) in [4.78, 5) is 22.8. The quantitative estimate of drug-likeness (QED) is 0.749. The third kappa shape index (κ3) is 2.83. The highest BCUT2D eigenvalue weighted by Gasteiger charge is 2.14. The van der Waals surface area contributed by atoms with Gasteiger partial charge in [0.1, 0.15) is 11.4 Å². The standard InChI is InChI=1S/C13H11BrN2O4/c1-16-6-8(14)5-10(16)12(18)15-9-3-2-7(13(19)20)4-11(9)17/h2-6,17H,1H3,(H,15,18)(H,19,20). The fourth-order valence-corrected chi connectivity index (χ4v) is 2.23. The number of carbonyl (C=O) groups excluding carboxylic acids is 1. The van der Waals surface area contributed by atoms with Crippen molar-refractivity contribution in [2.75, 3.05) is 5.32 Å². The second kappa shape index (κ2) is 5.38. The summed E-state index contributed by atoms with van der Waals surface area (Å²) in [5.74, 6) is -1.85. The van der Waals surface area contributed by atoms with E-state index in [0.29, 0.717) is 5.69 Å². The van der Waals surface area contributed by atoms with Gasteiger partial charge in [0, 0.05) is 17.7 Å². The van der Waals surface area contributed by atoms with Gasteiger partial charge in [-0.2, -0.15) is 0 Å². The van der Waals surface area contributed by atoms with Gasteiger partial charge in [-0.15, -0.1) is 0 Å². The molecule has 2 rings (SSSR count). The fraction of sp³-hybridized carbons (Fsp3) is 0.0769. The van der Waals surface area contributed by atoms with Gasteiger partial charge in [-0.3, -0.25) is 4.79 Å². The molecule has 1 amide bonds. The molecule has 0 aliphatic heterocycles. The topological polar surface area (TPSA) is 91.6 Å². The van der Waals surface area contributed by atoms with Crippen LogP contribution in [0.1, 0.15) is 20.8 Å². The van der Waals surface area contributed by atoms with Gasteiger partial charge in [0.25, 0.3) is 5.91 Å². The molecule has 0 saturated heterocycles. The minimum Gasteiger partial charge on any atom is -0.506 e. The van der Waals surface area contributed by atoms with E-state index >= 15 is 0 Å². The number of amides is 1. The number of hydrogen-bond acceptors (Lipinski definition) is 3. The predicted molar refractivity (Wildman–Crippen MR) is 76.1 cm³/mol. The van der Waals surface area contributed by atoms with Gasteiger partial charge < -0.3 is 20.1 Å². The van der Waals surface area contributed by atoms with E-state index in [9.17, 15) is 14.7 Å². The Morgan fingerprint density at radius 3 is 2.50 bits per heavy atom. The first-order valence-electron chi connectivity index (χ1n) is 5.58. The number of hydrogen-bond donors (Lipinski definition) is 3. The number of nitrogens with zero attached hydrogens (tertiary/aromatic N) is 1. The van der Waals surface area contributed by atoms with Crippen molar-refractivity contribution < 1.29 is 19.8 Å². The first-order chi connectivity index (χ1) is 9.38. The number of nitrogens with one attached hydrogen (secondary N) is 1. The second-order valence-electron chi connectivity index (χ2n) is 4.15. The lowest BCUT2D eigenvalue weighted by atomic mass is 10.2. The Balaban J connectivity index is 2.24. The lowest BCUT2D eigenvalue weighted by molar-refractivity contribution is 0.0696. The summed E-state index contributed by atoms with van der Waals surface area (Å²) < 4.78 is 2.39. The van der Waals surface area contributed by atoms with Crippen LogP contribution in [0.25, 0.3) is 0 Å². The van der Waals surface area contributed by atoms with Crippen LogP contribution in [0.2, 0.25) is 0 Å². The molecular formula is C13H11BrN2O4. The summed E-state index contributed by atoms with van der Waals surface area (Å²) in [6.45, 7) is 0. The van der Waals surface area contributed by atoms with Crippen molar-refractivity contribution in [2.45, 2.75) is 0 Å². The molecule has 0 unspecified atom stereocenters. The van der Waals surface area contributed by atoms with Gasteiger partial charge in [-0.1, -0.05) is 0 Å². The van der Waals surface area contributed by atoms with E-state index in [-0.39, 0.29) is 17.0 Å². The molecule has 1 aromatic carbocycles. The highest BCUT2D eigenvalue weighted by molar-refractivity contribution is 9.10.